The van der Waals surface area contributed by atoms with Gasteiger partial charge in [-0.1, -0.05) is 6.92 Å². The van der Waals surface area contributed by atoms with Crippen LogP contribution in [0.5, 0.6) is 5.75 Å². The molecule has 0 spiro atoms. The molecule has 1 atom stereocenters. The first-order valence-electron chi connectivity index (χ1n) is 8.75. The van der Waals surface area contributed by atoms with Crippen LogP contribution in [0.25, 0.3) is 22.5 Å². The molecule has 0 aliphatic carbocycles. The molecule has 4 heterocycles. The third-order valence-corrected chi connectivity index (χ3v) is 4.66. The van der Waals surface area contributed by atoms with Gasteiger partial charge in [-0.2, -0.15) is 5.10 Å². The molecule has 26 heavy (non-hydrogen) atoms. The Bertz CT molecular complexity index is 864. The molecule has 1 fully saturated rings. The number of H-pyrrole nitrogens is 1. The maximum atomic E-state index is 10.3. The van der Waals surface area contributed by atoms with Crippen molar-refractivity contribution in [3.63, 3.8) is 0 Å². The van der Waals surface area contributed by atoms with E-state index < -0.39 is 0 Å². The molecule has 8 nitrogen and oxygen atoms in total. The first-order valence-corrected chi connectivity index (χ1v) is 8.75. The van der Waals surface area contributed by atoms with Gasteiger partial charge in [0.15, 0.2) is 5.82 Å². The number of aromatic hydroxyl groups is 1. The van der Waals surface area contributed by atoms with E-state index in [2.05, 4.69) is 42.5 Å². The van der Waals surface area contributed by atoms with Gasteiger partial charge < -0.3 is 15.3 Å². The van der Waals surface area contributed by atoms with Gasteiger partial charge >= 0.3 is 0 Å². The van der Waals surface area contributed by atoms with E-state index in [-0.39, 0.29) is 5.75 Å². The Morgan fingerprint density at radius 3 is 2.85 bits per heavy atom. The number of hydrogen-bond donors (Lipinski definition) is 3. The molecule has 3 N–H and O–H groups in total. The van der Waals surface area contributed by atoms with Gasteiger partial charge in [0.1, 0.15) is 17.1 Å². The normalized spacial score (nSPS) is 17.4. The molecule has 0 aromatic carbocycles. The van der Waals surface area contributed by atoms with E-state index in [0.717, 1.165) is 43.0 Å². The van der Waals surface area contributed by atoms with Crippen LogP contribution in [0, 0.1) is 0 Å². The van der Waals surface area contributed by atoms with Gasteiger partial charge in [-0.25, -0.2) is 4.98 Å². The zero-order valence-corrected chi connectivity index (χ0v) is 14.6. The fourth-order valence-electron chi connectivity index (χ4n) is 3.14. The molecule has 3 aromatic heterocycles. The largest absolute Gasteiger partial charge is 0.506 e. The SMILES string of the molecule is CCC1CN(c2ccc(-c3ncc(-c4cn[nH]c4)cc3O)nn2)CCN1. The summed E-state index contributed by atoms with van der Waals surface area (Å²) in [5.41, 5.74) is 2.62. The predicted molar refractivity (Wildman–Crippen MR) is 98.8 cm³/mol. The number of aromatic nitrogens is 5. The van der Waals surface area contributed by atoms with Gasteiger partial charge in [-0.05, 0) is 24.6 Å². The number of hydrogen-bond acceptors (Lipinski definition) is 7. The van der Waals surface area contributed by atoms with Crippen LogP contribution in [0.1, 0.15) is 13.3 Å². The Kier molecular flexibility index (Phi) is 4.49. The summed E-state index contributed by atoms with van der Waals surface area (Å²) >= 11 is 0. The third kappa shape index (κ3) is 3.23. The van der Waals surface area contributed by atoms with Crippen molar-refractivity contribution in [2.24, 2.45) is 0 Å². The second-order valence-corrected chi connectivity index (χ2v) is 6.36. The van der Waals surface area contributed by atoms with Crippen molar-refractivity contribution < 1.29 is 5.11 Å². The zero-order chi connectivity index (χ0) is 17.9. The van der Waals surface area contributed by atoms with Crippen molar-refractivity contribution in [2.45, 2.75) is 19.4 Å². The molecule has 3 aromatic rings. The van der Waals surface area contributed by atoms with E-state index in [1.165, 1.54) is 0 Å². The Hall–Kier alpha value is -3.00. The lowest BCUT2D eigenvalue weighted by Gasteiger charge is -2.33. The first kappa shape index (κ1) is 16.5. The van der Waals surface area contributed by atoms with Crippen molar-refractivity contribution >= 4 is 5.82 Å². The predicted octanol–water partition coefficient (Wildman–Crippen LogP) is 1.82. The number of nitrogens with one attached hydrogen (secondary N) is 2. The molecule has 8 heteroatoms. The van der Waals surface area contributed by atoms with Crippen molar-refractivity contribution in [2.75, 3.05) is 24.5 Å². The van der Waals surface area contributed by atoms with Gasteiger partial charge in [-0.15, -0.1) is 10.2 Å². The van der Waals surface area contributed by atoms with Crippen molar-refractivity contribution in [3.8, 4) is 28.3 Å². The highest BCUT2D eigenvalue weighted by atomic mass is 16.3. The van der Waals surface area contributed by atoms with E-state index in [1.54, 1.807) is 24.7 Å². The Morgan fingerprint density at radius 1 is 1.23 bits per heavy atom. The van der Waals surface area contributed by atoms with E-state index in [0.29, 0.717) is 17.4 Å². The number of nitrogens with zero attached hydrogens (tertiary/aromatic N) is 5. The molecule has 1 aliphatic heterocycles. The smallest absolute Gasteiger partial charge is 0.151 e. The number of piperazine rings is 1. The molecule has 1 unspecified atom stereocenters. The summed E-state index contributed by atoms with van der Waals surface area (Å²) in [5, 5.41) is 29.1. The third-order valence-electron chi connectivity index (χ3n) is 4.66. The van der Waals surface area contributed by atoms with E-state index in [9.17, 15) is 5.11 Å². The summed E-state index contributed by atoms with van der Waals surface area (Å²) in [6, 6.07) is 5.92. The van der Waals surface area contributed by atoms with Gasteiger partial charge in [0.2, 0.25) is 0 Å². The molecule has 0 saturated carbocycles. The lowest BCUT2D eigenvalue weighted by atomic mass is 10.1. The monoisotopic (exact) mass is 351 g/mol. The van der Waals surface area contributed by atoms with Gasteiger partial charge in [0, 0.05) is 49.2 Å². The minimum atomic E-state index is 0.0685. The number of rotatable bonds is 4. The summed E-state index contributed by atoms with van der Waals surface area (Å²) < 4.78 is 0. The van der Waals surface area contributed by atoms with Crippen LogP contribution >= 0.6 is 0 Å². The molecule has 134 valence electrons. The Labute approximate surface area is 151 Å². The molecule has 1 saturated heterocycles. The standard InChI is InChI=1S/C18H21N7O/c1-2-14-11-25(6-5-19-14)17-4-3-15(23-24-17)18-16(26)7-12(8-20-18)13-9-21-22-10-13/h3-4,7-10,14,19,26H,2,5-6,11H2,1H3,(H,21,22). The van der Waals surface area contributed by atoms with E-state index >= 15 is 0 Å². The molecular formula is C18H21N7O. The lowest BCUT2D eigenvalue weighted by molar-refractivity contribution is 0.444. The van der Waals surface area contributed by atoms with Crippen LogP contribution in [-0.2, 0) is 0 Å². The minimum Gasteiger partial charge on any atom is -0.506 e. The van der Waals surface area contributed by atoms with Gasteiger partial charge in [0.25, 0.3) is 0 Å². The number of anilines is 1. The highest BCUT2D eigenvalue weighted by Crippen LogP contribution is 2.30. The molecule has 0 radical (unpaired) electrons. The quantitative estimate of drug-likeness (QED) is 0.659. The van der Waals surface area contributed by atoms with Crippen molar-refractivity contribution in [1.29, 1.82) is 0 Å². The average molecular weight is 351 g/mol. The zero-order valence-electron chi connectivity index (χ0n) is 14.6. The Morgan fingerprint density at radius 2 is 2.15 bits per heavy atom. The van der Waals surface area contributed by atoms with Crippen molar-refractivity contribution in [1.82, 2.24) is 30.7 Å². The summed E-state index contributed by atoms with van der Waals surface area (Å²) in [7, 11) is 0. The fourth-order valence-corrected chi connectivity index (χ4v) is 3.14. The topological polar surface area (TPSA) is 103 Å². The highest BCUT2D eigenvalue weighted by molar-refractivity contribution is 5.69. The van der Waals surface area contributed by atoms with Crippen LogP contribution in [0.3, 0.4) is 0 Å². The van der Waals surface area contributed by atoms with E-state index in [1.807, 2.05) is 12.1 Å². The molecule has 4 rings (SSSR count). The van der Waals surface area contributed by atoms with Crippen molar-refractivity contribution in [3.05, 3.63) is 36.8 Å². The summed E-state index contributed by atoms with van der Waals surface area (Å²) in [6.07, 6.45) is 6.21. The highest BCUT2D eigenvalue weighted by Gasteiger charge is 2.19. The van der Waals surface area contributed by atoms with Gasteiger partial charge in [-0.3, -0.25) is 5.10 Å². The average Bonchev–Trinajstić information content (AvgIpc) is 3.23. The summed E-state index contributed by atoms with van der Waals surface area (Å²) in [6.45, 7) is 4.96. The Balaban J connectivity index is 1.55. The number of pyridine rings is 1. The van der Waals surface area contributed by atoms with Crippen LogP contribution < -0.4 is 10.2 Å². The summed E-state index contributed by atoms with van der Waals surface area (Å²) in [4.78, 5) is 6.59. The fraction of sp³-hybridized carbons (Fsp3) is 0.333. The van der Waals surface area contributed by atoms with Crippen LogP contribution in [0.15, 0.2) is 36.8 Å². The second kappa shape index (κ2) is 7.09. The maximum Gasteiger partial charge on any atom is 0.151 e. The molecular weight excluding hydrogens is 330 g/mol. The van der Waals surface area contributed by atoms with Gasteiger partial charge in [0.05, 0.1) is 6.20 Å². The van der Waals surface area contributed by atoms with Crippen LogP contribution in [0.2, 0.25) is 0 Å². The lowest BCUT2D eigenvalue weighted by Crippen LogP contribution is -2.50. The first-order chi connectivity index (χ1) is 12.7. The summed E-state index contributed by atoms with van der Waals surface area (Å²) in [5.74, 6) is 0.919. The molecule has 0 bridgehead atoms. The minimum absolute atomic E-state index is 0.0685. The number of aromatic amines is 1. The molecule has 0 amide bonds. The van der Waals surface area contributed by atoms with Crippen LogP contribution in [0.4, 0.5) is 5.82 Å². The van der Waals surface area contributed by atoms with Crippen LogP contribution in [-0.4, -0.2) is 56.2 Å². The molecule has 1 aliphatic rings. The van der Waals surface area contributed by atoms with E-state index in [4.69, 9.17) is 0 Å². The second-order valence-electron chi connectivity index (χ2n) is 6.36. The maximum absolute atomic E-state index is 10.3.